The van der Waals surface area contributed by atoms with Gasteiger partial charge in [0, 0.05) is 46.6 Å². The summed E-state index contributed by atoms with van der Waals surface area (Å²) in [5.74, 6) is 1.48. The van der Waals surface area contributed by atoms with Crippen molar-refractivity contribution in [3.8, 4) is 39.5 Å². The molecule has 0 bridgehead atoms. The van der Waals surface area contributed by atoms with Crippen LogP contribution in [-0.2, 0) is 26.5 Å². The van der Waals surface area contributed by atoms with Crippen LogP contribution in [0.3, 0.4) is 0 Å². The maximum Gasteiger partial charge on any atom is 0.113 e. The molecule has 0 saturated carbocycles. The van der Waals surface area contributed by atoms with Crippen LogP contribution in [0.5, 0.6) is 0 Å². The molecule has 9 rings (SSSR count). The Morgan fingerprint density at radius 2 is 1.49 bits per heavy atom. The fraction of sp³-hybridized carbons (Fsp3) is 0.273. The molecule has 0 spiro atoms. The number of imidazole rings is 1. The van der Waals surface area contributed by atoms with Crippen molar-refractivity contribution in [2.75, 3.05) is 0 Å². The predicted molar refractivity (Wildman–Crippen MR) is 267 cm³/mol. The molecule has 0 unspecified atom stereocenters. The zero-order valence-electron chi connectivity index (χ0n) is 40.2. The second kappa shape index (κ2) is 18.5. The van der Waals surface area contributed by atoms with Crippen molar-refractivity contribution in [2.45, 2.75) is 93.2 Å². The van der Waals surface area contributed by atoms with Gasteiger partial charge in [-0.2, -0.15) is 11.3 Å². The molecule has 4 aromatic carbocycles. The fourth-order valence-corrected chi connectivity index (χ4v) is 10.7. The van der Waals surface area contributed by atoms with Gasteiger partial charge in [0.2, 0.25) is 0 Å². The van der Waals surface area contributed by atoms with Gasteiger partial charge in [-0.15, -0.1) is 54.1 Å². The number of aryl methyl sites for hydroxylation is 1. The van der Waals surface area contributed by atoms with E-state index >= 15 is 0 Å². The molecular formula is C55H57IrN5SSi-2. The Kier molecular flexibility index (Phi) is 12.7. The number of thiophene rings is 1. The maximum atomic E-state index is 8.75. The molecule has 0 fully saturated rings. The molecule has 9 aromatic rings. The van der Waals surface area contributed by atoms with Crippen LogP contribution >= 0.6 is 11.3 Å². The standard InChI is InChI=1S/C36H31N4S.C19H26NSi.Ir/c1-21(2)29-18-25(24-10-7-6-8-11-24)19-30(22(3)4)33(29)40-32-20-37-17-16-31(32)39-35(40)28-13-9-12-26-27-15-14-23(5)38-36(27)41-34(26)28;1-19(2,3)13-16-12-17(15-10-8-7-9-11-15)20-14-18(16)21(4,5)6;/h6-12,14-22H,1-5H3;7-10,12,14H,13H2,1-6H3;/q2*-1;/i;13D2;. The first-order chi connectivity index (χ1) is 30.3. The third kappa shape index (κ3) is 9.70. The summed E-state index contributed by atoms with van der Waals surface area (Å²) in [6.07, 6.45) is 4.24. The van der Waals surface area contributed by atoms with E-state index in [-0.39, 0.29) is 20.1 Å². The van der Waals surface area contributed by atoms with Crippen LogP contribution in [0.15, 0.2) is 122 Å². The Balaban J connectivity index is 0.000000225. The summed E-state index contributed by atoms with van der Waals surface area (Å²) >= 11 is 1.72. The normalized spacial score (nSPS) is 12.7. The van der Waals surface area contributed by atoms with Crippen molar-refractivity contribution < 1.29 is 22.8 Å². The number of rotatable bonds is 8. The van der Waals surface area contributed by atoms with Gasteiger partial charge < -0.3 is 9.55 Å². The van der Waals surface area contributed by atoms with Gasteiger partial charge in [-0.1, -0.05) is 127 Å². The molecule has 5 nitrogen and oxygen atoms in total. The number of pyridine rings is 3. The molecule has 0 saturated heterocycles. The molecule has 8 heteroatoms. The summed E-state index contributed by atoms with van der Waals surface area (Å²) in [5, 5.41) is 3.46. The average molecular weight is 1040 g/mol. The van der Waals surface area contributed by atoms with E-state index < -0.39 is 19.9 Å². The molecule has 323 valence electrons. The molecular weight excluding hydrogens is 983 g/mol. The quantitative estimate of drug-likeness (QED) is 0.112. The second-order valence-corrected chi connectivity index (χ2v) is 24.9. The van der Waals surface area contributed by atoms with Crippen LogP contribution in [0.25, 0.3) is 70.8 Å². The number of fused-ring (bicyclic) bond motifs is 4. The molecule has 0 aliphatic rings. The monoisotopic (exact) mass is 1040 g/mol. The van der Waals surface area contributed by atoms with Crippen LogP contribution in [0, 0.1) is 24.5 Å². The van der Waals surface area contributed by atoms with Crippen LogP contribution in [0.4, 0.5) is 0 Å². The minimum absolute atomic E-state index is 0. The third-order valence-electron chi connectivity index (χ3n) is 11.1. The molecule has 5 aromatic heterocycles. The van der Waals surface area contributed by atoms with Crippen LogP contribution < -0.4 is 5.19 Å². The predicted octanol–water partition coefficient (Wildman–Crippen LogP) is 14.6. The topological polar surface area (TPSA) is 56.5 Å². The Hall–Kier alpha value is -5.11. The van der Waals surface area contributed by atoms with Gasteiger partial charge in [-0.25, -0.2) is 4.98 Å². The van der Waals surface area contributed by atoms with E-state index in [1.807, 2.05) is 88.8 Å². The van der Waals surface area contributed by atoms with Crippen LogP contribution in [-0.4, -0.2) is 32.6 Å². The summed E-state index contributed by atoms with van der Waals surface area (Å²) in [4.78, 5) is 20.3. The van der Waals surface area contributed by atoms with Gasteiger partial charge in [0.1, 0.15) is 4.83 Å². The molecule has 1 radical (unpaired) electrons. The summed E-state index contributed by atoms with van der Waals surface area (Å²) in [6.45, 7) is 23.7. The smallest absolute Gasteiger partial charge is 0.113 e. The van der Waals surface area contributed by atoms with Gasteiger partial charge in [0.25, 0.3) is 0 Å². The van der Waals surface area contributed by atoms with Gasteiger partial charge in [-0.05, 0) is 98.0 Å². The summed E-state index contributed by atoms with van der Waals surface area (Å²) in [5.41, 5.74) is 12.2. The third-order valence-corrected chi connectivity index (χ3v) is 14.2. The maximum absolute atomic E-state index is 8.75. The number of benzene rings is 4. The first kappa shape index (κ1) is 43.2. The van der Waals surface area contributed by atoms with Gasteiger partial charge in [0.05, 0.1) is 31.1 Å². The first-order valence-corrected chi connectivity index (χ1v) is 25.9. The van der Waals surface area contributed by atoms with Gasteiger partial charge in [0.15, 0.2) is 0 Å². The van der Waals surface area contributed by atoms with E-state index in [2.05, 4.69) is 135 Å². The SMILES string of the molecule is Cc1ccc2c(n1)sc1c(-c3nc4ccncc4n3-c3c(C(C)C)cc(-c4ccccc4)cc3C(C)C)[c-]ccc12.[2H]C([2H])(c1cc(-c2[c-]cccc2)ncc1[Si](C)(C)C)C(C)(C)C.[Ir]. The van der Waals surface area contributed by atoms with E-state index in [0.29, 0.717) is 11.8 Å². The zero-order valence-corrected chi connectivity index (χ0v) is 42.4. The fourth-order valence-electron chi connectivity index (χ4n) is 8.07. The van der Waals surface area contributed by atoms with Crippen LogP contribution in [0.2, 0.25) is 19.6 Å². The number of aromatic nitrogens is 5. The minimum atomic E-state index is -1.70. The molecule has 0 aliphatic heterocycles. The molecule has 0 aliphatic carbocycles. The van der Waals surface area contributed by atoms with Gasteiger partial charge in [-0.3, -0.25) is 9.97 Å². The van der Waals surface area contributed by atoms with Crippen molar-refractivity contribution in [2.24, 2.45) is 5.41 Å². The van der Waals surface area contributed by atoms with E-state index in [1.165, 1.54) is 38.7 Å². The minimum Gasteiger partial charge on any atom is -0.331 e. The van der Waals surface area contributed by atoms with E-state index in [4.69, 9.17) is 12.7 Å². The molecule has 0 amide bonds. The van der Waals surface area contributed by atoms with Gasteiger partial charge >= 0.3 is 0 Å². The largest absolute Gasteiger partial charge is 0.331 e. The van der Waals surface area contributed by atoms with E-state index in [1.54, 1.807) is 11.3 Å². The molecule has 5 heterocycles. The average Bonchev–Trinajstić information content (AvgIpc) is 3.84. The second-order valence-electron chi connectivity index (χ2n) is 18.8. The van der Waals surface area contributed by atoms with Crippen molar-refractivity contribution in [3.63, 3.8) is 0 Å². The Bertz CT molecular complexity index is 3100. The number of hydrogen-bond acceptors (Lipinski definition) is 5. The zero-order chi connectivity index (χ0) is 45.7. The molecule has 0 N–H and O–H groups in total. The Morgan fingerprint density at radius 1 is 0.778 bits per heavy atom. The van der Waals surface area contributed by atoms with Crippen molar-refractivity contribution >= 4 is 55.9 Å². The molecule has 0 atom stereocenters. The van der Waals surface area contributed by atoms with Crippen molar-refractivity contribution in [3.05, 3.63) is 156 Å². The van der Waals surface area contributed by atoms with Crippen LogP contribution in [0.1, 0.15) is 85.4 Å². The summed E-state index contributed by atoms with van der Waals surface area (Å²) in [7, 11) is -1.70. The Morgan fingerprint density at radius 3 is 2.14 bits per heavy atom. The van der Waals surface area contributed by atoms with E-state index in [0.717, 1.165) is 59.7 Å². The molecule has 63 heavy (non-hydrogen) atoms. The summed E-state index contributed by atoms with van der Waals surface area (Å²) < 4.78 is 21.0. The van der Waals surface area contributed by atoms with Crippen molar-refractivity contribution in [1.82, 2.24) is 24.5 Å². The summed E-state index contributed by atoms with van der Waals surface area (Å²) in [6, 6.07) is 42.3. The van der Waals surface area contributed by atoms with Crippen molar-refractivity contribution in [1.29, 1.82) is 0 Å². The number of nitrogens with zero attached hydrogens (tertiary/aromatic N) is 5. The Labute approximate surface area is 395 Å². The van der Waals surface area contributed by atoms with E-state index in [9.17, 15) is 0 Å². The number of hydrogen-bond donors (Lipinski definition) is 0. The first-order valence-electron chi connectivity index (χ1n) is 22.6.